The molecular formula is C26H38O5. The molecule has 0 aromatic heterocycles. The number of allylic oxidation sites excluding steroid dienone is 4. The second kappa shape index (κ2) is 10.6. The molecule has 0 saturated heterocycles. The van der Waals surface area contributed by atoms with E-state index in [1.54, 1.807) is 13.8 Å². The van der Waals surface area contributed by atoms with Gasteiger partial charge in [0.25, 0.3) is 0 Å². The Hall–Kier alpha value is -1.95. The molecule has 5 nitrogen and oxygen atoms in total. The summed E-state index contributed by atoms with van der Waals surface area (Å²) in [4.78, 5) is 11.2. The Morgan fingerprint density at radius 2 is 1.32 bits per heavy atom. The maximum atomic E-state index is 11.2. The van der Waals surface area contributed by atoms with Gasteiger partial charge >= 0.3 is 5.97 Å². The topological polar surface area (TPSA) is 98.0 Å². The SMILES string of the molecule is CC(C)(CO)CCCC1=CC=C(/C=C\C2=CC=C(CCCC(C)(C)C(=O)O)C2O)C1O. The van der Waals surface area contributed by atoms with E-state index in [4.69, 9.17) is 0 Å². The lowest BCUT2D eigenvalue weighted by Gasteiger charge is -2.21. The molecule has 0 spiro atoms. The highest BCUT2D eigenvalue weighted by Gasteiger charge is 2.27. The zero-order chi connectivity index (χ0) is 23.2. The summed E-state index contributed by atoms with van der Waals surface area (Å²) in [6, 6.07) is 0. The van der Waals surface area contributed by atoms with Gasteiger partial charge in [0.2, 0.25) is 0 Å². The molecule has 0 aromatic carbocycles. The Morgan fingerprint density at radius 1 is 0.871 bits per heavy atom. The number of hydrogen-bond acceptors (Lipinski definition) is 4. The molecule has 0 radical (unpaired) electrons. The number of aliphatic carboxylic acids is 1. The van der Waals surface area contributed by atoms with Gasteiger partial charge in [0, 0.05) is 6.61 Å². The Balaban J connectivity index is 1.79. The van der Waals surface area contributed by atoms with Gasteiger partial charge in [0.1, 0.15) is 12.2 Å². The van der Waals surface area contributed by atoms with Crippen LogP contribution in [-0.2, 0) is 4.79 Å². The first kappa shape index (κ1) is 25.3. The minimum absolute atomic E-state index is 0.0978. The van der Waals surface area contributed by atoms with Gasteiger partial charge in [-0.05, 0) is 80.1 Å². The molecule has 2 aliphatic carbocycles. The summed E-state index contributed by atoms with van der Waals surface area (Å²) in [5.74, 6) is -0.802. The molecule has 0 amide bonds. The molecule has 2 atom stereocenters. The highest BCUT2D eigenvalue weighted by Crippen LogP contribution is 2.31. The summed E-state index contributed by atoms with van der Waals surface area (Å²) in [5.41, 5.74) is 2.60. The molecule has 0 aromatic rings. The smallest absolute Gasteiger partial charge is 0.309 e. The number of aliphatic hydroxyl groups is 3. The normalized spacial score (nSPS) is 21.9. The van der Waals surface area contributed by atoms with Crippen LogP contribution in [0.2, 0.25) is 0 Å². The maximum Gasteiger partial charge on any atom is 0.309 e. The lowest BCUT2D eigenvalue weighted by molar-refractivity contribution is -0.147. The molecule has 5 heteroatoms. The van der Waals surface area contributed by atoms with Crippen molar-refractivity contribution in [2.24, 2.45) is 10.8 Å². The van der Waals surface area contributed by atoms with E-state index < -0.39 is 23.6 Å². The molecule has 172 valence electrons. The average molecular weight is 431 g/mol. The minimum atomic E-state index is -0.802. The molecule has 0 aliphatic heterocycles. The summed E-state index contributed by atoms with van der Waals surface area (Å²) >= 11 is 0. The molecule has 4 N–H and O–H groups in total. The second-order valence-electron chi connectivity index (χ2n) is 10.2. The predicted molar refractivity (Wildman–Crippen MR) is 123 cm³/mol. The van der Waals surface area contributed by atoms with Gasteiger partial charge in [0.05, 0.1) is 5.41 Å². The van der Waals surface area contributed by atoms with Crippen molar-refractivity contribution in [3.05, 3.63) is 58.7 Å². The second-order valence-corrected chi connectivity index (χ2v) is 10.2. The first-order chi connectivity index (χ1) is 14.5. The zero-order valence-corrected chi connectivity index (χ0v) is 19.3. The fourth-order valence-electron chi connectivity index (χ4n) is 3.82. The molecule has 0 fully saturated rings. The van der Waals surface area contributed by atoms with Crippen LogP contribution in [0.25, 0.3) is 0 Å². The van der Waals surface area contributed by atoms with E-state index in [1.807, 2.05) is 50.3 Å². The fraction of sp³-hybridized carbons (Fsp3) is 0.577. The van der Waals surface area contributed by atoms with Crippen LogP contribution in [0.15, 0.2) is 58.7 Å². The van der Waals surface area contributed by atoms with Crippen molar-refractivity contribution in [3.8, 4) is 0 Å². The highest BCUT2D eigenvalue weighted by molar-refractivity contribution is 5.73. The van der Waals surface area contributed by atoms with Crippen molar-refractivity contribution in [1.82, 2.24) is 0 Å². The number of carboxylic acids is 1. The van der Waals surface area contributed by atoms with Crippen molar-refractivity contribution in [1.29, 1.82) is 0 Å². The zero-order valence-electron chi connectivity index (χ0n) is 19.3. The fourth-order valence-corrected chi connectivity index (χ4v) is 3.82. The van der Waals surface area contributed by atoms with Gasteiger partial charge in [0.15, 0.2) is 0 Å². The van der Waals surface area contributed by atoms with E-state index in [0.29, 0.717) is 19.3 Å². The van der Waals surface area contributed by atoms with Gasteiger partial charge in [-0.3, -0.25) is 4.79 Å². The van der Waals surface area contributed by atoms with E-state index in [1.165, 1.54) is 0 Å². The van der Waals surface area contributed by atoms with E-state index >= 15 is 0 Å². The average Bonchev–Trinajstić information content (AvgIpc) is 3.23. The minimum Gasteiger partial charge on any atom is -0.481 e. The first-order valence-electron chi connectivity index (χ1n) is 11.2. The number of aliphatic hydroxyl groups excluding tert-OH is 3. The van der Waals surface area contributed by atoms with Crippen molar-refractivity contribution in [3.63, 3.8) is 0 Å². The molecular weight excluding hydrogens is 392 g/mol. The lowest BCUT2D eigenvalue weighted by Crippen LogP contribution is -2.23. The van der Waals surface area contributed by atoms with Crippen LogP contribution in [-0.4, -0.2) is 45.2 Å². The third-order valence-corrected chi connectivity index (χ3v) is 6.38. The van der Waals surface area contributed by atoms with Crippen molar-refractivity contribution in [2.45, 2.75) is 78.4 Å². The Labute approximate surface area is 186 Å². The van der Waals surface area contributed by atoms with Crippen LogP contribution in [0.3, 0.4) is 0 Å². The summed E-state index contributed by atoms with van der Waals surface area (Å²) in [6.07, 6.45) is 14.6. The highest BCUT2D eigenvalue weighted by atomic mass is 16.4. The summed E-state index contributed by atoms with van der Waals surface area (Å²) in [7, 11) is 0. The molecule has 2 unspecified atom stereocenters. The third-order valence-electron chi connectivity index (χ3n) is 6.38. The van der Waals surface area contributed by atoms with Crippen LogP contribution < -0.4 is 0 Å². The molecule has 31 heavy (non-hydrogen) atoms. The summed E-state index contributed by atoms with van der Waals surface area (Å²) < 4.78 is 0. The monoisotopic (exact) mass is 430 g/mol. The van der Waals surface area contributed by atoms with Crippen LogP contribution in [0, 0.1) is 10.8 Å². The summed E-state index contributed by atoms with van der Waals surface area (Å²) in [5, 5.41) is 39.7. The van der Waals surface area contributed by atoms with Crippen LogP contribution in [0.5, 0.6) is 0 Å². The van der Waals surface area contributed by atoms with Crippen molar-refractivity contribution in [2.75, 3.05) is 6.61 Å². The Bertz CT molecular complexity index is 808. The number of carbonyl (C=O) groups is 1. The van der Waals surface area contributed by atoms with E-state index in [-0.39, 0.29) is 12.0 Å². The number of hydrogen-bond donors (Lipinski definition) is 4. The molecule has 0 saturated carbocycles. The first-order valence-corrected chi connectivity index (χ1v) is 11.2. The van der Waals surface area contributed by atoms with Gasteiger partial charge in [-0.2, -0.15) is 0 Å². The Kier molecular flexibility index (Phi) is 8.64. The molecule has 0 heterocycles. The quantitative estimate of drug-likeness (QED) is 0.366. The largest absolute Gasteiger partial charge is 0.481 e. The summed E-state index contributed by atoms with van der Waals surface area (Å²) in [6.45, 7) is 7.67. The van der Waals surface area contributed by atoms with Crippen molar-refractivity contribution >= 4 is 5.97 Å². The van der Waals surface area contributed by atoms with E-state index in [9.17, 15) is 25.2 Å². The van der Waals surface area contributed by atoms with E-state index in [0.717, 1.165) is 41.6 Å². The molecule has 2 rings (SSSR count). The standard InChI is InChI=1S/C26H38O5/c1-25(2,17-27)15-5-7-18-9-11-20(22(18)28)13-14-21-12-10-19(23(21)29)8-6-16-26(3,4)24(30)31/h9-14,22-23,27-29H,5-8,15-17H2,1-4H3,(H,30,31)/b14-13-. The number of rotatable bonds is 12. The number of carboxylic acid groups (broad SMARTS) is 1. The van der Waals surface area contributed by atoms with Crippen LogP contribution in [0.4, 0.5) is 0 Å². The van der Waals surface area contributed by atoms with Gasteiger partial charge in [-0.25, -0.2) is 0 Å². The van der Waals surface area contributed by atoms with Crippen LogP contribution in [0.1, 0.15) is 66.2 Å². The maximum absolute atomic E-state index is 11.2. The van der Waals surface area contributed by atoms with Crippen molar-refractivity contribution < 1.29 is 25.2 Å². The Morgan fingerprint density at radius 3 is 1.74 bits per heavy atom. The molecule has 2 aliphatic rings. The molecule has 0 bridgehead atoms. The van der Waals surface area contributed by atoms with E-state index in [2.05, 4.69) is 0 Å². The lowest BCUT2D eigenvalue weighted by atomic mass is 9.86. The third kappa shape index (κ3) is 7.03. The van der Waals surface area contributed by atoms with Gasteiger partial charge in [-0.15, -0.1) is 0 Å². The van der Waals surface area contributed by atoms with Gasteiger partial charge < -0.3 is 20.4 Å². The van der Waals surface area contributed by atoms with Crippen LogP contribution >= 0.6 is 0 Å². The predicted octanol–water partition coefficient (Wildman–Crippen LogP) is 4.47. The van der Waals surface area contributed by atoms with Gasteiger partial charge in [-0.1, -0.05) is 50.3 Å².